The largest absolute Gasteiger partial charge is 0.390 e. The van der Waals surface area contributed by atoms with E-state index in [0.29, 0.717) is 12.8 Å². The van der Waals surface area contributed by atoms with Crippen molar-refractivity contribution in [3.63, 3.8) is 0 Å². The van der Waals surface area contributed by atoms with Crippen LogP contribution in [0.5, 0.6) is 0 Å². The third kappa shape index (κ3) is 17.5. The summed E-state index contributed by atoms with van der Waals surface area (Å²) in [7, 11) is -1.29. The third-order valence-electron chi connectivity index (χ3n) is 6.21. The van der Waals surface area contributed by atoms with Gasteiger partial charge in [0.15, 0.2) is 0 Å². The van der Waals surface area contributed by atoms with E-state index >= 15 is 0 Å². The molecular formula is C26H54O5S. The van der Waals surface area contributed by atoms with Gasteiger partial charge in [-0.3, -0.25) is 4.21 Å². The fourth-order valence-corrected chi connectivity index (χ4v) is 4.63. The molecule has 0 amide bonds. The van der Waals surface area contributed by atoms with Gasteiger partial charge < -0.3 is 19.7 Å². The van der Waals surface area contributed by atoms with E-state index in [1.165, 1.54) is 51.4 Å². The zero-order valence-electron chi connectivity index (χ0n) is 21.6. The maximum absolute atomic E-state index is 12.5. The highest BCUT2D eigenvalue weighted by Gasteiger charge is 2.21. The number of hydrogen-bond donors (Lipinski definition) is 2. The van der Waals surface area contributed by atoms with E-state index in [1.54, 1.807) is 0 Å². The lowest BCUT2D eigenvalue weighted by Gasteiger charge is -2.24. The monoisotopic (exact) mass is 478 g/mol. The van der Waals surface area contributed by atoms with Crippen LogP contribution >= 0.6 is 0 Å². The van der Waals surface area contributed by atoms with Crippen LogP contribution in [0, 0.1) is 0 Å². The fraction of sp³-hybridized carbons (Fsp3) is 1.00. The van der Waals surface area contributed by atoms with E-state index in [-0.39, 0.29) is 24.1 Å². The molecule has 0 fully saturated rings. The molecule has 0 spiro atoms. The molecule has 0 aromatic carbocycles. The van der Waals surface area contributed by atoms with Crippen molar-refractivity contribution in [1.29, 1.82) is 0 Å². The van der Waals surface area contributed by atoms with Crippen molar-refractivity contribution < 1.29 is 23.9 Å². The quantitative estimate of drug-likeness (QED) is 0.156. The molecule has 32 heavy (non-hydrogen) atoms. The second-order valence-electron chi connectivity index (χ2n) is 9.15. The van der Waals surface area contributed by atoms with Gasteiger partial charge in [-0.1, -0.05) is 105 Å². The first-order valence-electron chi connectivity index (χ1n) is 13.4. The molecule has 0 bridgehead atoms. The molecule has 6 heteroatoms. The van der Waals surface area contributed by atoms with Crippen LogP contribution in [0.1, 0.15) is 130 Å². The fourth-order valence-electron chi connectivity index (χ4n) is 3.91. The Bertz CT molecular complexity index is 385. The Hall–Kier alpha value is -0.0100. The topological polar surface area (TPSA) is 76.0 Å². The number of rotatable bonds is 24. The van der Waals surface area contributed by atoms with Gasteiger partial charge in [-0.25, -0.2) is 0 Å². The number of ether oxygens (including phenoxy) is 2. The van der Waals surface area contributed by atoms with E-state index in [9.17, 15) is 14.4 Å². The van der Waals surface area contributed by atoms with Gasteiger partial charge in [0.2, 0.25) is 0 Å². The summed E-state index contributed by atoms with van der Waals surface area (Å²) >= 11 is 0. The first-order valence-corrected chi connectivity index (χ1v) is 14.9. The Morgan fingerprint density at radius 3 is 1.28 bits per heavy atom. The summed E-state index contributed by atoms with van der Waals surface area (Å²) < 4.78 is 24.2. The lowest BCUT2D eigenvalue weighted by Crippen LogP contribution is -2.32. The van der Waals surface area contributed by atoms with Crippen LogP contribution < -0.4 is 0 Å². The highest BCUT2D eigenvalue weighted by atomic mass is 32.2. The molecule has 194 valence electrons. The van der Waals surface area contributed by atoms with Crippen molar-refractivity contribution in [3.8, 4) is 0 Å². The van der Waals surface area contributed by atoms with Crippen molar-refractivity contribution in [2.24, 2.45) is 0 Å². The Balaban J connectivity index is 4.29. The molecule has 0 aromatic heterocycles. The molecule has 4 atom stereocenters. The SMILES string of the molecule is CCCCCCCCC(OCS(=O)COC(CCCCCCCC)C(O)CC)C(O)CC. The van der Waals surface area contributed by atoms with Crippen LogP contribution in [0.15, 0.2) is 0 Å². The summed E-state index contributed by atoms with van der Waals surface area (Å²) in [5.74, 6) is 0.146. The van der Waals surface area contributed by atoms with Gasteiger partial charge in [0.25, 0.3) is 0 Å². The van der Waals surface area contributed by atoms with Crippen LogP contribution in [-0.2, 0) is 20.3 Å². The summed E-state index contributed by atoms with van der Waals surface area (Å²) in [6.45, 7) is 8.32. The lowest BCUT2D eigenvalue weighted by atomic mass is 10.0. The number of aliphatic hydroxyl groups is 2. The Kier molecular flexibility index (Phi) is 22.8. The smallest absolute Gasteiger partial charge is 0.124 e. The van der Waals surface area contributed by atoms with Gasteiger partial charge in [0.1, 0.15) is 11.9 Å². The molecule has 0 saturated carbocycles. The molecular weight excluding hydrogens is 424 g/mol. The van der Waals surface area contributed by atoms with Crippen LogP contribution in [0.25, 0.3) is 0 Å². The number of unbranched alkanes of at least 4 members (excludes halogenated alkanes) is 10. The Labute approximate surface area is 201 Å². The Morgan fingerprint density at radius 2 is 0.938 bits per heavy atom. The standard InChI is InChI=1S/C26H54O5S/c1-5-9-11-13-15-17-19-25(23(27)7-3)30-21-32(29)22-31-26(24(28)8-4)20-18-16-14-12-10-6-2/h23-28H,5-22H2,1-4H3. The number of hydrogen-bond acceptors (Lipinski definition) is 5. The van der Waals surface area contributed by atoms with Crippen LogP contribution in [0.3, 0.4) is 0 Å². The van der Waals surface area contributed by atoms with Crippen LogP contribution in [0.2, 0.25) is 0 Å². The van der Waals surface area contributed by atoms with Crippen molar-refractivity contribution in [2.75, 3.05) is 11.9 Å². The van der Waals surface area contributed by atoms with Crippen molar-refractivity contribution in [1.82, 2.24) is 0 Å². The van der Waals surface area contributed by atoms with E-state index < -0.39 is 23.0 Å². The second kappa shape index (κ2) is 22.8. The van der Waals surface area contributed by atoms with E-state index in [2.05, 4.69) is 13.8 Å². The van der Waals surface area contributed by atoms with E-state index in [4.69, 9.17) is 9.47 Å². The number of aliphatic hydroxyl groups excluding tert-OH is 2. The summed E-state index contributed by atoms with van der Waals surface area (Å²) in [5.41, 5.74) is 0. The highest BCUT2D eigenvalue weighted by Crippen LogP contribution is 2.17. The molecule has 5 nitrogen and oxygen atoms in total. The average molecular weight is 479 g/mol. The zero-order chi connectivity index (χ0) is 24.0. The molecule has 0 aliphatic rings. The molecule has 0 rings (SSSR count). The maximum atomic E-state index is 12.5. The summed E-state index contributed by atoms with van der Waals surface area (Å²) in [4.78, 5) is 0. The zero-order valence-corrected chi connectivity index (χ0v) is 22.4. The minimum Gasteiger partial charge on any atom is -0.390 e. The second-order valence-corrected chi connectivity index (χ2v) is 10.5. The van der Waals surface area contributed by atoms with Gasteiger partial charge in [0.05, 0.1) is 35.2 Å². The van der Waals surface area contributed by atoms with Gasteiger partial charge in [0, 0.05) is 0 Å². The van der Waals surface area contributed by atoms with Gasteiger partial charge in [-0.05, 0) is 25.7 Å². The summed E-state index contributed by atoms with van der Waals surface area (Å²) in [6.07, 6.45) is 15.7. The van der Waals surface area contributed by atoms with Crippen molar-refractivity contribution in [3.05, 3.63) is 0 Å². The molecule has 0 aliphatic heterocycles. The highest BCUT2D eigenvalue weighted by molar-refractivity contribution is 7.84. The molecule has 0 radical (unpaired) electrons. The molecule has 0 saturated heterocycles. The molecule has 4 unspecified atom stereocenters. The van der Waals surface area contributed by atoms with Crippen molar-refractivity contribution >= 4 is 10.8 Å². The minimum atomic E-state index is -1.29. The first-order chi connectivity index (χ1) is 15.5. The van der Waals surface area contributed by atoms with E-state index in [1.807, 2.05) is 13.8 Å². The van der Waals surface area contributed by atoms with Gasteiger partial charge >= 0.3 is 0 Å². The molecule has 0 aliphatic carbocycles. The summed E-state index contributed by atoms with van der Waals surface area (Å²) in [6, 6.07) is 0. The first kappa shape index (κ1) is 32.0. The minimum absolute atomic E-state index is 0.0729. The predicted molar refractivity (Wildman–Crippen MR) is 136 cm³/mol. The molecule has 2 N–H and O–H groups in total. The lowest BCUT2D eigenvalue weighted by molar-refractivity contribution is -0.0330. The predicted octanol–water partition coefficient (Wildman–Crippen LogP) is 6.46. The van der Waals surface area contributed by atoms with Crippen LogP contribution in [0.4, 0.5) is 0 Å². The van der Waals surface area contributed by atoms with Gasteiger partial charge in [-0.15, -0.1) is 0 Å². The summed E-state index contributed by atoms with van der Waals surface area (Å²) in [5, 5.41) is 20.6. The van der Waals surface area contributed by atoms with Crippen molar-refractivity contribution in [2.45, 2.75) is 155 Å². The Morgan fingerprint density at radius 1 is 0.594 bits per heavy atom. The average Bonchev–Trinajstić information content (AvgIpc) is 2.81. The van der Waals surface area contributed by atoms with Crippen LogP contribution in [-0.4, -0.2) is 50.7 Å². The van der Waals surface area contributed by atoms with E-state index in [0.717, 1.165) is 38.5 Å². The molecule has 0 aromatic rings. The molecule has 0 heterocycles. The maximum Gasteiger partial charge on any atom is 0.124 e. The normalized spacial score (nSPS) is 16.6. The third-order valence-corrected chi connectivity index (χ3v) is 7.00. The van der Waals surface area contributed by atoms with Gasteiger partial charge in [-0.2, -0.15) is 0 Å².